The van der Waals surface area contributed by atoms with Gasteiger partial charge in [0.2, 0.25) is 17.5 Å². The lowest BCUT2D eigenvalue weighted by Crippen LogP contribution is -2.72. The van der Waals surface area contributed by atoms with Gasteiger partial charge in [0.15, 0.2) is 0 Å². The number of hydrogen-bond donors (Lipinski definition) is 4. The van der Waals surface area contributed by atoms with E-state index in [0.29, 0.717) is 13.0 Å². The van der Waals surface area contributed by atoms with Crippen molar-refractivity contribution in [2.24, 2.45) is 17.8 Å². The van der Waals surface area contributed by atoms with E-state index in [1.54, 1.807) is 13.8 Å². The lowest BCUT2D eigenvalue weighted by atomic mass is 9.72. The molecule has 7 rings (SSSR count). The first-order valence-electron chi connectivity index (χ1n) is 15.7. The summed E-state index contributed by atoms with van der Waals surface area (Å²) in [6.45, 7) is 7.95. The number of carbonyl (C=O) groups is 3. The normalized spacial score (nSPS) is 37.3. The van der Waals surface area contributed by atoms with E-state index in [1.165, 1.54) is 26.3 Å². The van der Waals surface area contributed by atoms with Crippen LogP contribution in [0.4, 0.5) is 0 Å². The molecule has 11 heteroatoms. The minimum Gasteiger partial charge on any atom is -0.374 e. The number of likely N-dealkylation sites (tertiary alicyclic amines) is 1. The first kappa shape index (κ1) is 28.8. The number of aliphatic hydroxyl groups excluding tert-OH is 1. The molecule has 3 amide bonds. The zero-order chi connectivity index (χ0) is 30.6. The Kier molecular flexibility index (Phi) is 6.52. The molecule has 1 aliphatic carbocycles. The predicted molar refractivity (Wildman–Crippen MR) is 157 cm³/mol. The predicted octanol–water partition coefficient (Wildman–Crippen LogP) is 1.84. The monoisotopic (exact) mass is 593 g/mol. The van der Waals surface area contributed by atoms with Crippen molar-refractivity contribution in [1.82, 2.24) is 25.0 Å². The van der Waals surface area contributed by atoms with Crippen LogP contribution >= 0.6 is 0 Å². The fourth-order valence-electron chi connectivity index (χ4n) is 8.65. The highest BCUT2D eigenvalue weighted by atomic mass is 16.7. The van der Waals surface area contributed by atoms with Crippen LogP contribution < -0.4 is 5.32 Å². The lowest BCUT2D eigenvalue weighted by molar-refractivity contribution is -0.326. The minimum atomic E-state index is -2.17. The van der Waals surface area contributed by atoms with Gasteiger partial charge in [0.05, 0.1) is 5.92 Å². The number of piperazine rings is 1. The van der Waals surface area contributed by atoms with Gasteiger partial charge in [-0.05, 0) is 62.3 Å². The maximum Gasteiger partial charge on any atom is 0.281 e. The van der Waals surface area contributed by atoms with E-state index < -0.39 is 53.6 Å². The lowest BCUT2D eigenvalue weighted by Gasteiger charge is -2.49. The molecule has 11 nitrogen and oxygen atoms in total. The zero-order valence-corrected chi connectivity index (χ0v) is 25.5. The molecule has 43 heavy (non-hydrogen) atoms. The van der Waals surface area contributed by atoms with Gasteiger partial charge in [0.25, 0.3) is 11.8 Å². The van der Waals surface area contributed by atoms with Gasteiger partial charge in [-0.2, -0.15) is 0 Å². The molecule has 1 aromatic heterocycles. The molecule has 8 atom stereocenters. The minimum absolute atomic E-state index is 0.0251. The Bertz CT molecular complexity index is 1490. The van der Waals surface area contributed by atoms with Crippen LogP contribution in [0.5, 0.6) is 0 Å². The van der Waals surface area contributed by atoms with Crippen LogP contribution in [0.25, 0.3) is 10.9 Å². The summed E-state index contributed by atoms with van der Waals surface area (Å²) in [6, 6.07) is 4.61. The van der Waals surface area contributed by atoms with Crippen LogP contribution in [0.3, 0.4) is 0 Å². The number of likely N-dealkylation sites (N-methyl/N-ethyl adjacent to an activating group) is 1. The van der Waals surface area contributed by atoms with Crippen LogP contribution in [0.1, 0.15) is 70.4 Å². The number of ether oxygens (including phenoxy) is 1. The molecule has 0 unspecified atom stereocenters. The van der Waals surface area contributed by atoms with Crippen LogP contribution in [-0.2, 0) is 25.5 Å². The summed E-state index contributed by atoms with van der Waals surface area (Å²) < 4.78 is 6.39. The second-order valence-corrected chi connectivity index (χ2v) is 14.1. The molecule has 4 aliphatic heterocycles. The Morgan fingerprint density at radius 3 is 2.70 bits per heavy atom. The first-order chi connectivity index (χ1) is 20.4. The van der Waals surface area contributed by atoms with Crippen molar-refractivity contribution in [3.63, 3.8) is 0 Å². The Morgan fingerprint density at radius 2 is 1.98 bits per heavy atom. The number of H-pyrrole nitrogens is 1. The molecule has 4 fully saturated rings. The van der Waals surface area contributed by atoms with Crippen molar-refractivity contribution in [2.45, 2.75) is 102 Å². The number of rotatable bonds is 5. The summed E-state index contributed by atoms with van der Waals surface area (Å²) in [6.07, 6.45) is 3.38. The molecular formula is C32H43N5O6. The molecule has 0 spiro atoms. The Balaban J connectivity index is 1.21. The van der Waals surface area contributed by atoms with E-state index in [2.05, 4.69) is 46.6 Å². The number of hydrogen-bond acceptors (Lipinski definition) is 7. The van der Waals surface area contributed by atoms with Gasteiger partial charge in [-0.15, -0.1) is 0 Å². The zero-order valence-electron chi connectivity index (χ0n) is 25.5. The van der Waals surface area contributed by atoms with Crippen molar-refractivity contribution < 1.29 is 29.3 Å². The van der Waals surface area contributed by atoms with Crippen LogP contribution in [0.2, 0.25) is 0 Å². The molecule has 4 saturated heterocycles. The molecule has 0 bridgehead atoms. The molecule has 5 aliphatic rings. The number of nitrogens with one attached hydrogen (secondary N) is 2. The number of piperidine rings is 1. The maximum atomic E-state index is 14.4. The summed E-state index contributed by atoms with van der Waals surface area (Å²) >= 11 is 0. The summed E-state index contributed by atoms with van der Waals surface area (Å²) in [7, 11) is 2.05. The molecule has 0 radical (unpaired) electrons. The number of aliphatic hydroxyl groups is 2. The number of amides is 3. The highest BCUT2D eigenvalue weighted by Gasteiger charge is 2.72. The first-order valence-corrected chi connectivity index (χ1v) is 15.7. The number of nitrogens with zero attached hydrogens (tertiary/aromatic N) is 3. The standard InChI is InChI=1S/C32H43N5O6/c1-16(2)11-24-29(40)36-25(9-10-26(36)38)32(42)37(24)30(41)31(43-32,17(3)4)34-28(39)19-12-21-20-7-6-8-22-27(20)18(14-33-22)13-23(21)35(5)15-19/h6-8,14,16-17,19,21,23-26,33,38,42H,9-13,15H2,1-5H3,(H,34,39)/t19-,21-,23-,24+,25+,26+,31-,32+/m1/s1. The topological polar surface area (TPSA) is 138 Å². The molecule has 5 heterocycles. The fourth-order valence-corrected chi connectivity index (χ4v) is 8.65. The average Bonchev–Trinajstić information content (AvgIpc) is 3.61. The van der Waals surface area contributed by atoms with Gasteiger partial charge >= 0.3 is 0 Å². The Morgan fingerprint density at radius 1 is 1.21 bits per heavy atom. The number of fused-ring (bicyclic) bond motifs is 5. The van der Waals surface area contributed by atoms with Gasteiger partial charge in [-0.3, -0.25) is 24.0 Å². The Labute approximate surface area is 251 Å². The van der Waals surface area contributed by atoms with E-state index in [9.17, 15) is 24.6 Å². The third kappa shape index (κ3) is 3.97. The third-order valence-electron chi connectivity index (χ3n) is 10.7. The van der Waals surface area contributed by atoms with E-state index >= 15 is 0 Å². The number of carbonyl (C=O) groups excluding carboxylic acids is 3. The second kappa shape index (κ2) is 9.76. The Hall–Kier alpha value is -2.99. The van der Waals surface area contributed by atoms with E-state index in [-0.39, 0.29) is 43.0 Å². The quantitative estimate of drug-likeness (QED) is 0.415. The van der Waals surface area contributed by atoms with Gasteiger partial charge < -0.3 is 30.3 Å². The number of aromatic amines is 1. The van der Waals surface area contributed by atoms with Gasteiger partial charge in [0.1, 0.15) is 18.3 Å². The van der Waals surface area contributed by atoms with Gasteiger partial charge in [0, 0.05) is 41.5 Å². The molecule has 4 N–H and O–H groups in total. The second-order valence-electron chi connectivity index (χ2n) is 14.1. The average molecular weight is 594 g/mol. The largest absolute Gasteiger partial charge is 0.374 e. The van der Waals surface area contributed by atoms with E-state index in [0.717, 1.165) is 11.9 Å². The number of benzene rings is 1. The van der Waals surface area contributed by atoms with Crippen molar-refractivity contribution >= 4 is 28.6 Å². The van der Waals surface area contributed by atoms with E-state index in [1.807, 2.05) is 13.8 Å². The van der Waals surface area contributed by atoms with Gasteiger partial charge in [-0.1, -0.05) is 39.8 Å². The molecule has 1 aromatic carbocycles. The van der Waals surface area contributed by atoms with Crippen LogP contribution in [0, 0.1) is 17.8 Å². The highest BCUT2D eigenvalue weighted by Crippen LogP contribution is 2.50. The van der Waals surface area contributed by atoms with Crippen molar-refractivity contribution in [3.8, 4) is 0 Å². The van der Waals surface area contributed by atoms with Crippen LogP contribution in [-0.4, -0.2) is 97.2 Å². The van der Waals surface area contributed by atoms with E-state index in [4.69, 9.17) is 4.74 Å². The van der Waals surface area contributed by atoms with Crippen molar-refractivity contribution in [2.75, 3.05) is 13.6 Å². The van der Waals surface area contributed by atoms with Crippen molar-refractivity contribution in [1.29, 1.82) is 0 Å². The summed E-state index contributed by atoms with van der Waals surface area (Å²) in [5.41, 5.74) is 1.78. The molecule has 232 valence electrons. The summed E-state index contributed by atoms with van der Waals surface area (Å²) in [5.74, 6) is -4.28. The maximum absolute atomic E-state index is 14.4. The smallest absolute Gasteiger partial charge is 0.281 e. The molecule has 0 saturated carbocycles. The highest BCUT2D eigenvalue weighted by molar-refractivity contribution is 5.98. The molecular weight excluding hydrogens is 550 g/mol. The molecule has 2 aromatic rings. The summed E-state index contributed by atoms with van der Waals surface area (Å²) in [4.78, 5) is 50.4. The van der Waals surface area contributed by atoms with Crippen molar-refractivity contribution in [3.05, 3.63) is 35.5 Å². The fraction of sp³-hybridized carbons (Fsp3) is 0.656. The van der Waals surface area contributed by atoms with Crippen LogP contribution in [0.15, 0.2) is 24.4 Å². The summed E-state index contributed by atoms with van der Waals surface area (Å²) in [5, 5.41) is 27.1. The third-order valence-corrected chi connectivity index (χ3v) is 10.7. The SMILES string of the molecule is CC(C)C[C@H]1C(=O)N2[C@@H](CC[C@@H]2O)[C@]2(O)O[C@](NC(=O)[C@@H]3C[C@@H]4c5cccc6[nH]cc(c56)C[C@H]4N(C)C3)(C(C)C)C(=O)N12. The van der Waals surface area contributed by atoms with Gasteiger partial charge in [-0.25, -0.2) is 0 Å². The number of aromatic nitrogens is 1.